The minimum atomic E-state index is -0.143. The minimum Gasteiger partial charge on any atom is -0.368 e. The predicted octanol–water partition coefficient (Wildman–Crippen LogP) is 0.718. The zero-order valence-corrected chi connectivity index (χ0v) is 10.3. The number of amides is 1. The van der Waals surface area contributed by atoms with E-state index in [2.05, 4.69) is 19.0 Å². The Morgan fingerprint density at radius 1 is 1.25 bits per heavy atom. The fourth-order valence-electron chi connectivity index (χ4n) is 2.58. The number of rotatable bonds is 2. The topological polar surface area (TPSA) is 32.8 Å². The van der Waals surface area contributed by atoms with Gasteiger partial charge in [-0.3, -0.25) is 4.79 Å². The van der Waals surface area contributed by atoms with Crippen LogP contribution in [0.2, 0.25) is 0 Å². The molecule has 0 aromatic heterocycles. The van der Waals surface area contributed by atoms with Gasteiger partial charge < -0.3 is 14.5 Å². The zero-order chi connectivity index (χ0) is 11.5. The molecular formula is C12H22N2O2. The molecule has 0 N–H and O–H groups in total. The van der Waals surface area contributed by atoms with Gasteiger partial charge in [-0.05, 0) is 39.8 Å². The summed E-state index contributed by atoms with van der Waals surface area (Å²) in [5.74, 6) is 0.217. The molecule has 16 heavy (non-hydrogen) atoms. The normalized spacial score (nSPS) is 27.7. The smallest absolute Gasteiger partial charge is 0.251 e. The summed E-state index contributed by atoms with van der Waals surface area (Å²) in [6.07, 6.45) is 3.98. The van der Waals surface area contributed by atoms with E-state index in [4.69, 9.17) is 4.74 Å². The van der Waals surface area contributed by atoms with Crippen LogP contribution in [0.1, 0.15) is 25.7 Å². The van der Waals surface area contributed by atoms with Crippen molar-refractivity contribution in [3.8, 4) is 0 Å². The second kappa shape index (κ2) is 5.15. The fourth-order valence-corrected chi connectivity index (χ4v) is 2.58. The SMILES string of the molecule is CN(C)C1CCN(C(=O)C2CCCO2)CC1. The van der Waals surface area contributed by atoms with Crippen LogP contribution < -0.4 is 0 Å². The van der Waals surface area contributed by atoms with Crippen LogP contribution in [-0.4, -0.2) is 61.6 Å². The van der Waals surface area contributed by atoms with Crippen molar-refractivity contribution in [2.45, 2.75) is 37.8 Å². The molecule has 1 amide bonds. The van der Waals surface area contributed by atoms with E-state index in [1.54, 1.807) is 0 Å². The van der Waals surface area contributed by atoms with Crippen LogP contribution >= 0.6 is 0 Å². The first-order chi connectivity index (χ1) is 7.68. The Kier molecular flexibility index (Phi) is 3.82. The van der Waals surface area contributed by atoms with Crippen LogP contribution in [0.5, 0.6) is 0 Å². The third-order valence-corrected chi connectivity index (χ3v) is 3.71. The number of carbonyl (C=O) groups excluding carboxylic acids is 1. The first-order valence-electron chi connectivity index (χ1n) is 6.25. The minimum absolute atomic E-state index is 0.143. The average Bonchev–Trinajstić information content (AvgIpc) is 2.81. The summed E-state index contributed by atoms with van der Waals surface area (Å²) in [6, 6.07) is 0.633. The lowest BCUT2D eigenvalue weighted by atomic mass is 10.0. The van der Waals surface area contributed by atoms with Gasteiger partial charge in [0.05, 0.1) is 0 Å². The highest BCUT2D eigenvalue weighted by Crippen LogP contribution is 2.19. The van der Waals surface area contributed by atoms with E-state index < -0.39 is 0 Å². The predicted molar refractivity (Wildman–Crippen MR) is 62.3 cm³/mol. The molecule has 4 nitrogen and oxygen atoms in total. The van der Waals surface area contributed by atoms with E-state index >= 15 is 0 Å². The summed E-state index contributed by atoms with van der Waals surface area (Å²) >= 11 is 0. The summed E-state index contributed by atoms with van der Waals surface area (Å²) in [6.45, 7) is 2.54. The number of piperidine rings is 1. The lowest BCUT2D eigenvalue weighted by Crippen LogP contribution is -2.47. The summed E-state index contributed by atoms with van der Waals surface area (Å²) in [4.78, 5) is 16.3. The molecule has 2 rings (SSSR count). The third kappa shape index (κ3) is 2.55. The first-order valence-corrected chi connectivity index (χ1v) is 6.25. The quantitative estimate of drug-likeness (QED) is 0.695. The molecular weight excluding hydrogens is 204 g/mol. The molecule has 2 aliphatic rings. The molecule has 92 valence electrons. The molecule has 2 fully saturated rings. The number of hydrogen-bond donors (Lipinski definition) is 0. The van der Waals surface area contributed by atoms with Crippen molar-refractivity contribution >= 4 is 5.91 Å². The van der Waals surface area contributed by atoms with Crippen molar-refractivity contribution < 1.29 is 9.53 Å². The Balaban J connectivity index is 1.81. The second-order valence-corrected chi connectivity index (χ2v) is 5.02. The maximum absolute atomic E-state index is 12.1. The first kappa shape index (κ1) is 11.9. The maximum Gasteiger partial charge on any atom is 0.251 e. The number of hydrogen-bond acceptors (Lipinski definition) is 3. The number of likely N-dealkylation sites (tertiary alicyclic amines) is 1. The van der Waals surface area contributed by atoms with Crippen LogP contribution in [0, 0.1) is 0 Å². The molecule has 2 heterocycles. The molecule has 0 aliphatic carbocycles. The Morgan fingerprint density at radius 2 is 1.94 bits per heavy atom. The summed E-state index contributed by atoms with van der Waals surface area (Å²) in [7, 11) is 4.23. The van der Waals surface area contributed by atoms with Gasteiger partial charge in [-0.15, -0.1) is 0 Å². The van der Waals surface area contributed by atoms with Gasteiger partial charge in [0.25, 0.3) is 5.91 Å². The maximum atomic E-state index is 12.1. The van der Waals surface area contributed by atoms with Gasteiger partial charge in [-0.1, -0.05) is 0 Å². The van der Waals surface area contributed by atoms with Crippen molar-refractivity contribution in [3.05, 3.63) is 0 Å². The molecule has 0 bridgehead atoms. The van der Waals surface area contributed by atoms with Gasteiger partial charge in [0.2, 0.25) is 0 Å². The second-order valence-electron chi connectivity index (χ2n) is 5.02. The van der Waals surface area contributed by atoms with Crippen molar-refractivity contribution in [2.24, 2.45) is 0 Å². The zero-order valence-electron chi connectivity index (χ0n) is 10.3. The van der Waals surface area contributed by atoms with Crippen molar-refractivity contribution in [3.63, 3.8) is 0 Å². The highest BCUT2D eigenvalue weighted by molar-refractivity contribution is 5.81. The van der Waals surface area contributed by atoms with Gasteiger partial charge in [0.1, 0.15) is 6.10 Å². The highest BCUT2D eigenvalue weighted by atomic mass is 16.5. The molecule has 4 heteroatoms. The lowest BCUT2D eigenvalue weighted by Gasteiger charge is -2.36. The van der Waals surface area contributed by atoms with E-state index in [-0.39, 0.29) is 12.0 Å². The van der Waals surface area contributed by atoms with Gasteiger partial charge in [0, 0.05) is 25.7 Å². The largest absolute Gasteiger partial charge is 0.368 e. The third-order valence-electron chi connectivity index (χ3n) is 3.71. The Hall–Kier alpha value is -0.610. The van der Waals surface area contributed by atoms with E-state index in [0.29, 0.717) is 6.04 Å². The van der Waals surface area contributed by atoms with Crippen LogP contribution in [0.3, 0.4) is 0 Å². The molecule has 0 radical (unpaired) electrons. The van der Waals surface area contributed by atoms with Crippen molar-refractivity contribution in [1.29, 1.82) is 0 Å². The molecule has 0 saturated carbocycles. The number of ether oxygens (including phenoxy) is 1. The Bertz CT molecular complexity index is 241. The molecule has 0 aromatic carbocycles. The Labute approximate surface area is 97.5 Å². The summed E-state index contributed by atoms with van der Waals surface area (Å²) < 4.78 is 5.44. The van der Waals surface area contributed by atoms with Crippen LogP contribution in [0.4, 0.5) is 0 Å². The number of nitrogens with zero attached hydrogens (tertiary/aromatic N) is 2. The van der Waals surface area contributed by atoms with Crippen LogP contribution in [0.25, 0.3) is 0 Å². The molecule has 0 aromatic rings. The lowest BCUT2D eigenvalue weighted by molar-refractivity contribution is -0.142. The molecule has 2 aliphatic heterocycles. The summed E-state index contributed by atoms with van der Waals surface area (Å²) in [5, 5.41) is 0. The van der Waals surface area contributed by atoms with Crippen LogP contribution in [-0.2, 0) is 9.53 Å². The van der Waals surface area contributed by atoms with Crippen LogP contribution in [0.15, 0.2) is 0 Å². The van der Waals surface area contributed by atoms with Gasteiger partial charge in [0.15, 0.2) is 0 Å². The van der Waals surface area contributed by atoms with Gasteiger partial charge in [-0.25, -0.2) is 0 Å². The molecule has 1 atom stereocenters. The Morgan fingerprint density at radius 3 is 2.44 bits per heavy atom. The molecule has 0 spiro atoms. The molecule has 1 unspecified atom stereocenters. The highest BCUT2D eigenvalue weighted by Gasteiger charge is 2.31. The van der Waals surface area contributed by atoms with Crippen molar-refractivity contribution in [2.75, 3.05) is 33.8 Å². The van der Waals surface area contributed by atoms with Gasteiger partial charge >= 0.3 is 0 Å². The monoisotopic (exact) mass is 226 g/mol. The number of carbonyl (C=O) groups is 1. The van der Waals surface area contributed by atoms with Crippen molar-refractivity contribution in [1.82, 2.24) is 9.80 Å². The van der Waals surface area contributed by atoms with E-state index in [1.165, 1.54) is 0 Å². The van der Waals surface area contributed by atoms with E-state index in [9.17, 15) is 4.79 Å². The summed E-state index contributed by atoms with van der Waals surface area (Å²) in [5.41, 5.74) is 0. The van der Waals surface area contributed by atoms with E-state index in [0.717, 1.165) is 45.4 Å². The van der Waals surface area contributed by atoms with Gasteiger partial charge in [-0.2, -0.15) is 0 Å². The van der Waals surface area contributed by atoms with E-state index in [1.807, 2.05) is 4.90 Å². The molecule has 2 saturated heterocycles. The average molecular weight is 226 g/mol. The fraction of sp³-hybridized carbons (Fsp3) is 0.917. The standard InChI is InChI=1S/C12H22N2O2/c1-13(2)10-5-7-14(8-6-10)12(15)11-4-3-9-16-11/h10-11H,3-9H2,1-2H3.